The van der Waals surface area contributed by atoms with E-state index in [1.807, 2.05) is 6.07 Å². The van der Waals surface area contributed by atoms with Gasteiger partial charge in [0.05, 0.1) is 0 Å². The van der Waals surface area contributed by atoms with E-state index >= 15 is 0 Å². The molecule has 1 N–H and O–H groups in total. The quantitative estimate of drug-likeness (QED) is 0.834. The Morgan fingerprint density at radius 1 is 1.21 bits per heavy atom. The molecule has 0 atom stereocenters. The molecular formula is C15H16F2N2. The van der Waals surface area contributed by atoms with Crippen LogP contribution in [0.25, 0.3) is 11.1 Å². The highest BCUT2D eigenvalue weighted by Crippen LogP contribution is 2.24. The smallest absolute Gasteiger partial charge is 0.166 e. The fourth-order valence-corrected chi connectivity index (χ4v) is 1.87. The number of nitrogens with zero attached hydrogens (tertiary/aromatic N) is 1. The molecule has 19 heavy (non-hydrogen) atoms. The molecule has 0 amide bonds. The molecule has 4 heteroatoms. The van der Waals surface area contributed by atoms with E-state index in [1.165, 1.54) is 6.07 Å². The lowest BCUT2D eigenvalue weighted by atomic mass is 10.1. The zero-order valence-electron chi connectivity index (χ0n) is 10.8. The van der Waals surface area contributed by atoms with Crippen molar-refractivity contribution in [3.8, 4) is 11.1 Å². The van der Waals surface area contributed by atoms with Crippen LogP contribution in [0.1, 0.15) is 18.9 Å². The van der Waals surface area contributed by atoms with Crippen molar-refractivity contribution < 1.29 is 8.78 Å². The molecule has 0 aliphatic heterocycles. The largest absolute Gasteiger partial charge is 0.313 e. The molecule has 0 bridgehead atoms. The van der Waals surface area contributed by atoms with Gasteiger partial charge in [0.15, 0.2) is 11.6 Å². The van der Waals surface area contributed by atoms with Crippen molar-refractivity contribution in [2.24, 2.45) is 0 Å². The van der Waals surface area contributed by atoms with Crippen LogP contribution >= 0.6 is 0 Å². The molecule has 100 valence electrons. The van der Waals surface area contributed by atoms with Crippen molar-refractivity contribution in [3.63, 3.8) is 0 Å². The summed E-state index contributed by atoms with van der Waals surface area (Å²) < 4.78 is 26.9. The molecule has 2 aromatic rings. The fraction of sp³-hybridized carbons (Fsp3) is 0.267. The average molecular weight is 262 g/mol. The lowest BCUT2D eigenvalue weighted by molar-refractivity contribution is 0.511. The van der Waals surface area contributed by atoms with E-state index < -0.39 is 11.6 Å². The topological polar surface area (TPSA) is 24.9 Å². The van der Waals surface area contributed by atoms with Crippen LogP contribution < -0.4 is 5.32 Å². The molecule has 0 aliphatic rings. The van der Waals surface area contributed by atoms with Gasteiger partial charge in [0.2, 0.25) is 0 Å². The van der Waals surface area contributed by atoms with Crippen molar-refractivity contribution in [3.05, 3.63) is 53.9 Å². The average Bonchev–Trinajstić information content (AvgIpc) is 2.43. The molecule has 0 saturated heterocycles. The summed E-state index contributed by atoms with van der Waals surface area (Å²) in [6, 6.07) is 5.99. The third kappa shape index (κ3) is 3.35. The Labute approximate surface area is 111 Å². The minimum absolute atomic E-state index is 0.241. The molecular weight excluding hydrogens is 246 g/mol. The Hall–Kier alpha value is -1.81. The first kappa shape index (κ1) is 13.6. The van der Waals surface area contributed by atoms with Crippen LogP contribution in [0.15, 0.2) is 36.7 Å². The second kappa shape index (κ2) is 6.38. The number of benzene rings is 1. The van der Waals surface area contributed by atoms with Gasteiger partial charge in [-0.3, -0.25) is 4.98 Å². The molecule has 0 aliphatic carbocycles. The van der Waals surface area contributed by atoms with Crippen molar-refractivity contribution >= 4 is 0 Å². The normalized spacial score (nSPS) is 10.7. The molecule has 2 rings (SSSR count). The third-order valence-electron chi connectivity index (χ3n) is 2.81. The van der Waals surface area contributed by atoms with Crippen LogP contribution in [0.4, 0.5) is 8.78 Å². The molecule has 1 aromatic heterocycles. The first-order valence-electron chi connectivity index (χ1n) is 6.31. The van der Waals surface area contributed by atoms with E-state index in [0.717, 1.165) is 24.6 Å². The van der Waals surface area contributed by atoms with Gasteiger partial charge in [0, 0.05) is 30.1 Å². The van der Waals surface area contributed by atoms with Crippen LogP contribution in [-0.4, -0.2) is 11.5 Å². The van der Waals surface area contributed by atoms with Crippen molar-refractivity contribution in [2.75, 3.05) is 6.54 Å². The molecule has 0 unspecified atom stereocenters. The Morgan fingerprint density at radius 2 is 2.05 bits per heavy atom. The van der Waals surface area contributed by atoms with Gasteiger partial charge in [-0.15, -0.1) is 0 Å². The molecule has 1 aromatic carbocycles. The summed E-state index contributed by atoms with van der Waals surface area (Å²) in [7, 11) is 0. The number of nitrogens with one attached hydrogen (secondary N) is 1. The third-order valence-corrected chi connectivity index (χ3v) is 2.81. The lowest BCUT2D eigenvalue weighted by Gasteiger charge is -2.07. The first-order chi connectivity index (χ1) is 9.22. The van der Waals surface area contributed by atoms with Gasteiger partial charge in [-0.1, -0.05) is 19.1 Å². The summed E-state index contributed by atoms with van der Waals surface area (Å²) in [5, 5.41) is 3.25. The molecule has 0 radical (unpaired) electrons. The van der Waals surface area contributed by atoms with Crippen molar-refractivity contribution in [1.29, 1.82) is 0 Å². The van der Waals surface area contributed by atoms with Crippen LogP contribution in [0.2, 0.25) is 0 Å². The number of halogens is 2. The molecule has 0 fully saturated rings. The van der Waals surface area contributed by atoms with Crippen LogP contribution in [-0.2, 0) is 6.54 Å². The first-order valence-corrected chi connectivity index (χ1v) is 6.31. The van der Waals surface area contributed by atoms with Gasteiger partial charge in [-0.05, 0) is 30.7 Å². The zero-order chi connectivity index (χ0) is 13.7. The zero-order valence-corrected chi connectivity index (χ0v) is 10.8. The maximum Gasteiger partial charge on any atom is 0.166 e. The van der Waals surface area contributed by atoms with Crippen LogP contribution in [0.3, 0.4) is 0 Å². The molecule has 1 heterocycles. The predicted molar refractivity (Wildman–Crippen MR) is 71.6 cm³/mol. The number of hydrogen-bond acceptors (Lipinski definition) is 2. The summed E-state index contributed by atoms with van der Waals surface area (Å²) >= 11 is 0. The Balaban J connectivity index is 2.25. The Kier molecular flexibility index (Phi) is 4.58. The molecule has 0 saturated carbocycles. The Bertz CT molecular complexity index is 556. The second-order valence-corrected chi connectivity index (χ2v) is 4.36. The summed E-state index contributed by atoms with van der Waals surface area (Å²) in [5.41, 5.74) is 1.78. The summed E-state index contributed by atoms with van der Waals surface area (Å²) in [6.07, 6.45) is 4.32. The predicted octanol–water partition coefficient (Wildman–Crippen LogP) is 3.53. The van der Waals surface area contributed by atoms with Crippen molar-refractivity contribution in [2.45, 2.75) is 19.9 Å². The maximum atomic E-state index is 13.7. The van der Waals surface area contributed by atoms with E-state index in [0.29, 0.717) is 12.1 Å². The minimum Gasteiger partial charge on any atom is -0.313 e. The van der Waals surface area contributed by atoms with Crippen LogP contribution in [0, 0.1) is 11.6 Å². The van der Waals surface area contributed by atoms with E-state index in [9.17, 15) is 8.78 Å². The highest BCUT2D eigenvalue weighted by atomic mass is 19.2. The number of pyridine rings is 1. The van der Waals surface area contributed by atoms with E-state index in [4.69, 9.17) is 0 Å². The summed E-state index contributed by atoms with van der Waals surface area (Å²) in [5.74, 6) is -1.67. The standard InChI is InChI=1S/C15H16F2N2/c1-2-6-18-8-11-7-12(10-19-9-11)13-4-3-5-14(16)15(13)17/h3-5,7,9-10,18H,2,6,8H2,1H3. The monoisotopic (exact) mass is 262 g/mol. The number of rotatable bonds is 5. The van der Waals surface area contributed by atoms with Gasteiger partial charge in [0.25, 0.3) is 0 Å². The van der Waals surface area contributed by atoms with Gasteiger partial charge >= 0.3 is 0 Å². The van der Waals surface area contributed by atoms with E-state index in [1.54, 1.807) is 18.5 Å². The second-order valence-electron chi connectivity index (χ2n) is 4.36. The Morgan fingerprint density at radius 3 is 2.84 bits per heavy atom. The minimum atomic E-state index is -0.841. The van der Waals surface area contributed by atoms with E-state index in [-0.39, 0.29) is 5.56 Å². The van der Waals surface area contributed by atoms with Crippen molar-refractivity contribution in [1.82, 2.24) is 10.3 Å². The van der Waals surface area contributed by atoms with Gasteiger partial charge in [-0.25, -0.2) is 8.78 Å². The SMILES string of the molecule is CCCNCc1cncc(-c2cccc(F)c2F)c1. The fourth-order valence-electron chi connectivity index (χ4n) is 1.87. The summed E-state index contributed by atoms with van der Waals surface area (Å²) in [4.78, 5) is 4.08. The molecule has 0 spiro atoms. The lowest BCUT2D eigenvalue weighted by Crippen LogP contribution is -2.13. The van der Waals surface area contributed by atoms with Gasteiger partial charge < -0.3 is 5.32 Å². The van der Waals surface area contributed by atoms with Gasteiger partial charge in [-0.2, -0.15) is 0 Å². The highest BCUT2D eigenvalue weighted by molar-refractivity contribution is 5.63. The molecule has 2 nitrogen and oxygen atoms in total. The summed E-state index contributed by atoms with van der Waals surface area (Å²) in [6.45, 7) is 3.67. The maximum absolute atomic E-state index is 13.7. The number of hydrogen-bond donors (Lipinski definition) is 1. The van der Waals surface area contributed by atoms with Crippen LogP contribution in [0.5, 0.6) is 0 Å². The highest BCUT2D eigenvalue weighted by Gasteiger charge is 2.10. The van der Waals surface area contributed by atoms with E-state index in [2.05, 4.69) is 17.2 Å². The number of aromatic nitrogens is 1. The van der Waals surface area contributed by atoms with Gasteiger partial charge in [0.1, 0.15) is 0 Å².